The number of aliphatic hydroxyl groups excluding tert-OH is 1. The first-order valence-electron chi connectivity index (χ1n) is 10.1. The van der Waals surface area contributed by atoms with Crippen LogP contribution in [0.4, 0.5) is 4.79 Å². The van der Waals surface area contributed by atoms with E-state index in [1.54, 1.807) is 27.7 Å². The summed E-state index contributed by atoms with van der Waals surface area (Å²) in [5.74, 6) is -0.546. The number of ether oxygens (including phenoxy) is 2. The molecular weight excluding hydrogens is 364 g/mol. The minimum Gasteiger partial charge on any atom is -0.464 e. The molecule has 8 heteroatoms. The molecule has 3 atom stereocenters. The lowest BCUT2D eigenvalue weighted by molar-refractivity contribution is -0.155. The molecule has 1 saturated heterocycles. The summed E-state index contributed by atoms with van der Waals surface area (Å²) in [4.78, 5) is 39.5. The van der Waals surface area contributed by atoms with Crippen molar-refractivity contribution in [2.24, 2.45) is 11.8 Å². The van der Waals surface area contributed by atoms with Crippen LogP contribution in [0.3, 0.4) is 0 Å². The fourth-order valence-corrected chi connectivity index (χ4v) is 3.49. The van der Waals surface area contributed by atoms with Crippen molar-refractivity contribution in [1.29, 1.82) is 0 Å². The number of alkyl carbamates (subject to hydrolysis) is 1. The topological polar surface area (TPSA) is 105 Å². The van der Waals surface area contributed by atoms with Gasteiger partial charge in [0.15, 0.2) is 0 Å². The molecular formula is C20H36N2O6. The lowest BCUT2D eigenvalue weighted by Crippen LogP contribution is -2.54. The molecule has 0 radical (unpaired) electrons. The van der Waals surface area contributed by atoms with Gasteiger partial charge in [-0.15, -0.1) is 0 Å². The molecule has 0 aromatic carbocycles. The van der Waals surface area contributed by atoms with Crippen molar-refractivity contribution in [3.05, 3.63) is 0 Å². The maximum atomic E-state index is 13.2. The minimum absolute atomic E-state index is 0.00279. The fraction of sp³-hybridized carbons (Fsp3) is 0.850. The molecule has 2 amide bonds. The smallest absolute Gasteiger partial charge is 0.408 e. The third-order valence-corrected chi connectivity index (χ3v) is 4.75. The highest BCUT2D eigenvalue weighted by Gasteiger charge is 2.45. The number of carbonyl (C=O) groups excluding carboxylic acids is 3. The number of likely N-dealkylation sites (tertiary alicyclic amines) is 1. The van der Waals surface area contributed by atoms with Crippen LogP contribution < -0.4 is 5.32 Å². The molecule has 0 spiro atoms. The third kappa shape index (κ3) is 6.96. The van der Waals surface area contributed by atoms with E-state index in [1.807, 2.05) is 13.8 Å². The van der Waals surface area contributed by atoms with Crippen molar-refractivity contribution in [1.82, 2.24) is 10.2 Å². The first-order chi connectivity index (χ1) is 13.0. The van der Waals surface area contributed by atoms with Gasteiger partial charge < -0.3 is 24.8 Å². The van der Waals surface area contributed by atoms with Crippen molar-refractivity contribution in [3.63, 3.8) is 0 Å². The Morgan fingerprint density at radius 2 is 1.89 bits per heavy atom. The van der Waals surface area contributed by atoms with Crippen LogP contribution >= 0.6 is 0 Å². The van der Waals surface area contributed by atoms with Crippen LogP contribution in [0.5, 0.6) is 0 Å². The summed E-state index contributed by atoms with van der Waals surface area (Å²) >= 11 is 0. The van der Waals surface area contributed by atoms with Gasteiger partial charge in [-0.3, -0.25) is 4.79 Å². The maximum Gasteiger partial charge on any atom is 0.408 e. The van der Waals surface area contributed by atoms with Gasteiger partial charge in [-0.05, 0) is 58.8 Å². The van der Waals surface area contributed by atoms with Gasteiger partial charge >= 0.3 is 12.1 Å². The minimum atomic E-state index is -0.871. The van der Waals surface area contributed by atoms with Gasteiger partial charge in [0.05, 0.1) is 6.61 Å². The molecule has 0 bridgehead atoms. The lowest BCUT2D eigenvalue weighted by Gasteiger charge is -2.31. The standard InChI is InChI=1S/C20H36N2O6/c1-7-27-18(25)16-14(13(2)3)10-11-22(16)17(24)15(9-8-12-23)21-19(26)28-20(4,5)6/h13-16,23H,7-12H2,1-6H3,(H,21,26)/t14?,15-,16-/m0/s1. The zero-order chi connectivity index (χ0) is 21.5. The Labute approximate surface area is 167 Å². The van der Waals surface area contributed by atoms with E-state index < -0.39 is 29.7 Å². The van der Waals surface area contributed by atoms with Crippen LogP contribution in [0, 0.1) is 11.8 Å². The van der Waals surface area contributed by atoms with Crippen molar-refractivity contribution in [3.8, 4) is 0 Å². The quantitative estimate of drug-likeness (QED) is 0.605. The van der Waals surface area contributed by atoms with Crippen LogP contribution in [0.25, 0.3) is 0 Å². The van der Waals surface area contributed by atoms with Gasteiger partial charge in [0.2, 0.25) is 5.91 Å². The Kier molecular flexibility index (Phi) is 9.20. The second-order valence-corrected chi connectivity index (χ2v) is 8.49. The van der Waals surface area contributed by atoms with Crippen LogP contribution in [-0.4, -0.2) is 65.4 Å². The zero-order valence-electron chi connectivity index (χ0n) is 18.0. The Bertz CT molecular complexity index is 543. The van der Waals surface area contributed by atoms with Crippen LogP contribution in [0.15, 0.2) is 0 Å². The zero-order valence-corrected chi connectivity index (χ0v) is 18.0. The van der Waals surface area contributed by atoms with Crippen LogP contribution in [0.1, 0.15) is 60.8 Å². The summed E-state index contributed by atoms with van der Waals surface area (Å²) < 4.78 is 10.5. The number of aliphatic hydroxyl groups is 1. The molecule has 0 saturated carbocycles. The van der Waals surface area contributed by atoms with E-state index in [0.717, 1.165) is 0 Å². The summed E-state index contributed by atoms with van der Waals surface area (Å²) in [6, 6.07) is -1.53. The molecule has 162 valence electrons. The summed E-state index contributed by atoms with van der Waals surface area (Å²) in [7, 11) is 0. The highest BCUT2D eigenvalue weighted by molar-refractivity contribution is 5.90. The Hall–Kier alpha value is -1.83. The number of nitrogens with zero attached hydrogens (tertiary/aromatic N) is 1. The summed E-state index contributed by atoms with van der Waals surface area (Å²) in [6.45, 7) is 11.6. The largest absolute Gasteiger partial charge is 0.464 e. The molecule has 1 rings (SSSR count). The first kappa shape index (κ1) is 24.2. The average molecular weight is 401 g/mol. The lowest BCUT2D eigenvalue weighted by atomic mass is 9.88. The highest BCUT2D eigenvalue weighted by Crippen LogP contribution is 2.32. The number of carbonyl (C=O) groups is 3. The monoisotopic (exact) mass is 400 g/mol. The van der Waals surface area contributed by atoms with Gasteiger partial charge in [0, 0.05) is 13.2 Å². The molecule has 1 fully saturated rings. The number of rotatable bonds is 8. The first-order valence-corrected chi connectivity index (χ1v) is 10.1. The predicted octanol–water partition coefficient (Wildman–Crippen LogP) is 2.09. The van der Waals surface area contributed by atoms with Crippen LogP contribution in [0.2, 0.25) is 0 Å². The molecule has 0 aliphatic carbocycles. The molecule has 1 aliphatic rings. The van der Waals surface area contributed by atoms with Gasteiger partial charge in [-0.2, -0.15) is 0 Å². The van der Waals surface area contributed by atoms with E-state index in [9.17, 15) is 14.4 Å². The highest BCUT2D eigenvalue weighted by atomic mass is 16.6. The van der Waals surface area contributed by atoms with Crippen molar-refractivity contribution in [2.75, 3.05) is 19.8 Å². The molecule has 8 nitrogen and oxygen atoms in total. The van der Waals surface area contributed by atoms with Gasteiger partial charge in [0.25, 0.3) is 0 Å². The summed E-state index contributed by atoms with van der Waals surface area (Å²) in [5.41, 5.74) is -0.696. The fourth-order valence-electron chi connectivity index (χ4n) is 3.49. The van der Waals surface area contributed by atoms with Crippen molar-refractivity contribution in [2.45, 2.75) is 78.5 Å². The number of nitrogens with one attached hydrogen (secondary N) is 1. The van der Waals surface area contributed by atoms with E-state index in [1.165, 1.54) is 4.90 Å². The van der Waals surface area contributed by atoms with Crippen molar-refractivity contribution >= 4 is 18.0 Å². The number of hydrogen-bond acceptors (Lipinski definition) is 6. The SMILES string of the molecule is CCOC(=O)[C@@H]1C(C(C)C)CCN1C(=O)[C@H](CCCO)NC(=O)OC(C)(C)C. The Balaban J connectivity index is 3.00. The van der Waals surface area contributed by atoms with Gasteiger partial charge in [-0.1, -0.05) is 13.8 Å². The second-order valence-electron chi connectivity index (χ2n) is 8.49. The van der Waals surface area contributed by atoms with E-state index in [-0.39, 0.29) is 37.4 Å². The Morgan fingerprint density at radius 3 is 2.39 bits per heavy atom. The summed E-state index contributed by atoms with van der Waals surface area (Å²) in [6.07, 6.45) is 0.604. The average Bonchev–Trinajstić information content (AvgIpc) is 3.01. The predicted molar refractivity (Wildman–Crippen MR) is 105 cm³/mol. The van der Waals surface area contributed by atoms with E-state index in [2.05, 4.69) is 5.32 Å². The molecule has 1 aliphatic heterocycles. The summed E-state index contributed by atoms with van der Waals surface area (Å²) in [5, 5.41) is 11.8. The van der Waals surface area contributed by atoms with E-state index in [0.29, 0.717) is 19.4 Å². The van der Waals surface area contributed by atoms with Crippen molar-refractivity contribution < 1.29 is 29.0 Å². The molecule has 28 heavy (non-hydrogen) atoms. The Morgan fingerprint density at radius 1 is 1.25 bits per heavy atom. The number of esters is 1. The van der Waals surface area contributed by atoms with E-state index in [4.69, 9.17) is 14.6 Å². The number of hydrogen-bond donors (Lipinski definition) is 2. The third-order valence-electron chi connectivity index (χ3n) is 4.75. The molecule has 1 unspecified atom stereocenters. The van der Waals surface area contributed by atoms with Gasteiger partial charge in [0.1, 0.15) is 17.7 Å². The van der Waals surface area contributed by atoms with Crippen LogP contribution in [-0.2, 0) is 19.1 Å². The molecule has 2 N–H and O–H groups in total. The van der Waals surface area contributed by atoms with E-state index >= 15 is 0 Å². The normalized spacial score (nSPS) is 20.8. The maximum absolute atomic E-state index is 13.2. The molecule has 0 aromatic heterocycles. The molecule has 0 aromatic rings. The number of amides is 2. The molecule has 1 heterocycles. The second kappa shape index (κ2) is 10.6. The van der Waals surface area contributed by atoms with Gasteiger partial charge in [-0.25, -0.2) is 9.59 Å².